The molecule has 2 aliphatic rings. The van der Waals surface area contributed by atoms with Crippen LogP contribution in [0.2, 0.25) is 0 Å². The molecule has 1 aromatic carbocycles. The van der Waals surface area contributed by atoms with E-state index in [2.05, 4.69) is 4.90 Å². The average molecular weight is 333 g/mol. The number of amides is 1. The van der Waals surface area contributed by atoms with E-state index >= 15 is 0 Å². The zero-order valence-corrected chi connectivity index (χ0v) is 14.8. The Kier molecular flexibility index (Phi) is 5.52. The standard InChI is InChI=1S/C19H27NO2S/c1-23(22)18-11-9-16(10-12-18)19(21)20-13-5-8-17(20)14-15-6-3-2-4-7-15/h9-12,15,17H,2-8,13-14H2,1H3/t17-,23-/m0/s1. The minimum atomic E-state index is -0.989. The van der Waals surface area contributed by atoms with Crippen LogP contribution in [-0.2, 0) is 10.8 Å². The van der Waals surface area contributed by atoms with E-state index in [1.165, 1.54) is 38.5 Å². The molecule has 23 heavy (non-hydrogen) atoms. The molecule has 1 saturated heterocycles. The number of carbonyl (C=O) groups excluding carboxylic acids is 1. The van der Waals surface area contributed by atoms with Gasteiger partial charge in [-0.15, -0.1) is 0 Å². The first kappa shape index (κ1) is 16.7. The van der Waals surface area contributed by atoms with E-state index in [-0.39, 0.29) is 5.91 Å². The molecule has 3 nitrogen and oxygen atoms in total. The maximum absolute atomic E-state index is 12.8. The molecule has 1 saturated carbocycles. The fourth-order valence-corrected chi connectivity index (χ4v) is 4.63. The van der Waals surface area contributed by atoms with Crippen LogP contribution in [0.3, 0.4) is 0 Å². The van der Waals surface area contributed by atoms with E-state index in [4.69, 9.17) is 0 Å². The highest BCUT2D eigenvalue weighted by atomic mass is 32.2. The van der Waals surface area contributed by atoms with Gasteiger partial charge in [0.2, 0.25) is 0 Å². The molecule has 1 aliphatic heterocycles. The average Bonchev–Trinajstić information content (AvgIpc) is 3.03. The van der Waals surface area contributed by atoms with Gasteiger partial charge in [-0.05, 0) is 49.4 Å². The maximum Gasteiger partial charge on any atom is 0.254 e. The van der Waals surface area contributed by atoms with Crippen molar-refractivity contribution in [1.82, 2.24) is 4.90 Å². The van der Waals surface area contributed by atoms with Crippen LogP contribution in [0.5, 0.6) is 0 Å². The number of nitrogens with zero attached hydrogens (tertiary/aromatic N) is 1. The van der Waals surface area contributed by atoms with E-state index in [1.54, 1.807) is 6.26 Å². The molecule has 1 heterocycles. The van der Waals surface area contributed by atoms with Crippen LogP contribution in [0.15, 0.2) is 29.2 Å². The van der Waals surface area contributed by atoms with Crippen molar-refractivity contribution in [3.05, 3.63) is 29.8 Å². The number of hydrogen-bond donors (Lipinski definition) is 0. The highest BCUT2D eigenvalue weighted by molar-refractivity contribution is 7.84. The van der Waals surface area contributed by atoms with Gasteiger partial charge in [-0.25, -0.2) is 0 Å². The first-order valence-corrected chi connectivity index (χ1v) is 10.5. The van der Waals surface area contributed by atoms with Gasteiger partial charge in [-0.3, -0.25) is 9.00 Å². The monoisotopic (exact) mass is 333 g/mol. The third kappa shape index (κ3) is 4.03. The molecule has 0 bridgehead atoms. The van der Waals surface area contributed by atoms with Gasteiger partial charge in [0.05, 0.1) is 0 Å². The molecule has 0 spiro atoms. The summed E-state index contributed by atoms with van der Waals surface area (Å²) in [6, 6.07) is 7.71. The summed E-state index contributed by atoms with van der Waals surface area (Å²) in [6.45, 7) is 0.887. The molecule has 0 unspecified atom stereocenters. The van der Waals surface area contributed by atoms with Crippen molar-refractivity contribution in [2.75, 3.05) is 12.8 Å². The molecular formula is C19H27NO2S. The molecule has 4 heteroatoms. The summed E-state index contributed by atoms with van der Waals surface area (Å²) in [4.78, 5) is 15.7. The largest absolute Gasteiger partial charge is 0.336 e. The van der Waals surface area contributed by atoms with Crippen LogP contribution < -0.4 is 0 Å². The molecule has 0 aromatic heterocycles. The summed E-state index contributed by atoms with van der Waals surface area (Å²) in [5, 5.41) is 0. The van der Waals surface area contributed by atoms with Crippen LogP contribution >= 0.6 is 0 Å². The lowest BCUT2D eigenvalue weighted by Gasteiger charge is -2.30. The lowest BCUT2D eigenvalue weighted by molar-refractivity contribution is 0.0711. The van der Waals surface area contributed by atoms with Gasteiger partial charge < -0.3 is 4.90 Å². The molecule has 126 valence electrons. The Labute approximate surface area is 141 Å². The fraction of sp³-hybridized carbons (Fsp3) is 0.632. The predicted octanol–water partition coefficient (Wildman–Crippen LogP) is 4.00. The Hall–Kier alpha value is -1.16. The van der Waals surface area contributed by atoms with Crippen LogP contribution in [0, 0.1) is 5.92 Å². The second kappa shape index (κ2) is 7.61. The summed E-state index contributed by atoms with van der Waals surface area (Å²) >= 11 is 0. The van der Waals surface area contributed by atoms with Crippen LogP contribution in [0.1, 0.15) is 61.7 Å². The first-order valence-electron chi connectivity index (χ1n) is 8.89. The van der Waals surface area contributed by atoms with Gasteiger partial charge in [0, 0.05) is 40.1 Å². The Bertz CT molecular complexity index is 563. The molecule has 0 N–H and O–H groups in total. The first-order chi connectivity index (χ1) is 11.1. The molecule has 3 rings (SSSR count). The van der Waals surface area contributed by atoms with Crippen molar-refractivity contribution in [2.24, 2.45) is 5.92 Å². The Morgan fingerprint density at radius 1 is 1.09 bits per heavy atom. The van der Waals surface area contributed by atoms with Crippen molar-refractivity contribution in [3.63, 3.8) is 0 Å². The number of likely N-dealkylation sites (tertiary alicyclic amines) is 1. The van der Waals surface area contributed by atoms with Crippen molar-refractivity contribution in [2.45, 2.75) is 62.3 Å². The topological polar surface area (TPSA) is 37.4 Å². The number of carbonyl (C=O) groups is 1. The highest BCUT2D eigenvalue weighted by Crippen LogP contribution is 2.32. The predicted molar refractivity (Wildman–Crippen MR) is 94.0 cm³/mol. The van der Waals surface area contributed by atoms with Gasteiger partial charge in [0.25, 0.3) is 5.91 Å². The van der Waals surface area contributed by atoms with E-state index in [0.29, 0.717) is 6.04 Å². The summed E-state index contributed by atoms with van der Waals surface area (Å²) in [5.74, 6) is 0.962. The van der Waals surface area contributed by atoms with Gasteiger partial charge in [-0.2, -0.15) is 0 Å². The lowest BCUT2D eigenvalue weighted by atomic mass is 9.84. The lowest BCUT2D eigenvalue weighted by Crippen LogP contribution is -2.37. The normalized spacial score (nSPS) is 23.9. The number of benzene rings is 1. The van der Waals surface area contributed by atoms with Gasteiger partial charge in [-0.1, -0.05) is 32.1 Å². The van der Waals surface area contributed by atoms with Crippen molar-refractivity contribution in [1.29, 1.82) is 0 Å². The van der Waals surface area contributed by atoms with Gasteiger partial charge >= 0.3 is 0 Å². The Balaban J connectivity index is 1.66. The summed E-state index contributed by atoms with van der Waals surface area (Å²) in [5.41, 5.74) is 0.731. The molecule has 1 aliphatic carbocycles. The van der Waals surface area contributed by atoms with E-state index in [9.17, 15) is 9.00 Å². The molecule has 1 amide bonds. The zero-order valence-electron chi connectivity index (χ0n) is 14.0. The van der Waals surface area contributed by atoms with E-state index in [0.717, 1.165) is 35.8 Å². The minimum Gasteiger partial charge on any atom is -0.336 e. The molecule has 2 fully saturated rings. The SMILES string of the molecule is C[S@](=O)c1ccc(C(=O)N2CCC[C@H]2CC2CCCCC2)cc1. The fourth-order valence-electron chi connectivity index (χ4n) is 4.11. The minimum absolute atomic E-state index is 0.150. The van der Waals surface area contributed by atoms with E-state index in [1.807, 2.05) is 24.3 Å². The number of rotatable bonds is 4. The number of hydrogen-bond acceptors (Lipinski definition) is 2. The Morgan fingerprint density at radius 2 is 1.78 bits per heavy atom. The van der Waals surface area contributed by atoms with Crippen LogP contribution in [0.4, 0.5) is 0 Å². The molecule has 0 radical (unpaired) electrons. The van der Waals surface area contributed by atoms with Crippen molar-refractivity contribution in [3.8, 4) is 0 Å². The smallest absolute Gasteiger partial charge is 0.254 e. The summed E-state index contributed by atoms with van der Waals surface area (Å²) in [6.07, 6.45) is 11.9. The quantitative estimate of drug-likeness (QED) is 0.835. The second-order valence-corrected chi connectivity index (χ2v) is 8.39. The molecule has 1 aromatic rings. The zero-order chi connectivity index (χ0) is 16.2. The second-order valence-electron chi connectivity index (χ2n) is 7.01. The summed E-state index contributed by atoms with van der Waals surface area (Å²) in [7, 11) is -0.989. The van der Waals surface area contributed by atoms with Crippen LogP contribution in [0.25, 0.3) is 0 Å². The van der Waals surface area contributed by atoms with Gasteiger partial charge in [0.15, 0.2) is 0 Å². The maximum atomic E-state index is 12.8. The van der Waals surface area contributed by atoms with E-state index < -0.39 is 10.8 Å². The summed E-state index contributed by atoms with van der Waals surface area (Å²) < 4.78 is 11.5. The van der Waals surface area contributed by atoms with Crippen molar-refractivity contribution < 1.29 is 9.00 Å². The Morgan fingerprint density at radius 3 is 2.43 bits per heavy atom. The van der Waals surface area contributed by atoms with Crippen LogP contribution in [-0.4, -0.2) is 33.9 Å². The third-order valence-corrected chi connectivity index (χ3v) is 6.34. The molecular weight excluding hydrogens is 306 g/mol. The molecule has 2 atom stereocenters. The third-order valence-electron chi connectivity index (χ3n) is 5.40. The highest BCUT2D eigenvalue weighted by Gasteiger charge is 2.31. The van der Waals surface area contributed by atoms with Gasteiger partial charge in [0.1, 0.15) is 0 Å². The van der Waals surface area contributed by atoms with Crippen molar-refractivity contribution >= 4 is 16.7 Å².